The van der Waals surface area contributed by atoms with Crippen molar-refractivity contribution < 1.29 is 18.0 Å². The van der Waals surface area contributed by atoms with Crippen LogP contribution in [0.1, 0.15) is 35.2 Å². The van der Waals surface area contributed by atoms with Gasteiger partial charge in [0.1, 0.15) is 0 Å². The van der Waals surface area contributed by atoms with Gasteiger partial charge in [-0.3, -0.25) is 9.48 Å². The number of nitrogens with one attached hydrogen (secondary N) is 1. The number of benzene rings is 1. The Morgan fingerprint density at radius 1 is 1.23 bits per heavy atom. The van der Waals surface area contributed by atoms with E-state index in [1.165, 1.54) is 6.20 Å². The Morgan fingerprint density at radius 2 is 1.97 bits per heavy atom. The summed E-state index contributed by atoms with van der Waals surface area (Å²) in [5.74, 6) is -0.346. The first-order valence-corrected chi connectivity index (χ1v) is 9.76. The molecule has 0 saturated heterocycles. The fraction of sp³-hybridized carbons (Fsp3) is 0.333. The van der Waals surface area contributed by atoms with Crippen LogP contribution in [-0.4, -0.2) is 25.7 Å². The van der Waals surface area contributed by atoms with E-state index in [1.807, 2.05) is 18.2 Å². The summed E-state index contributed by atoms with van der Waals surface area (Å²) in [6.07, 6.45) is 1.03. The summed E-state index contributed by atoms with van der Waals surface area (Å²) in [7, 11) is 1.72. The van der Waals surface area contributed by atoms with Crippen LogP contribution < -0.4 is 11.1 Å². The number of carbonyl (C=O) groups excluding carboxylic acids is 1. The Hall–Kier alpha value is -3.43. The summed E-state index contributed by atoms with van der Waals surface area (Å²) in [5, 5.41) is 6.87. The van der Waals surface area contributed by atoms with Gasteiger partial charge < -0.3 is 11.1 Å². The quantitative estimate of drug-likeness (QED) is 0.600. The molecule has 1 saturated carbocycles. The second-order valence-corrected chi connectivity index (χ2v) is 7.68. The predicted molar refractivity (Wildman–Crippen MR) is 107 cm³/mol. The number of aromatic nitrogens is 4. The molecule has 3 aromatic rings. The molecule has 7 nitrogen and oxygen atoms in total. The molecule has 0 bridgehead atoms. The zero-order chi connectivity index (χ0) is 22.2. The Bertz CT molecular complexity index is 1120. The van der Waals surface area contributed by atoms with Crippen LogP contribution in [0.5, 0.6) is 0 Å². The van der Waals surface area contributed by atoms with Crippen molar-refractivity contribution in [3.8, 4) is 0 Å². The maximum absolute atomic E-state index is 13.5. The smallest absolute Gasteiger partial charge is 0.369 e. The minimum Gasteiger partial charge on any atom is -0.369 e. The molecular formula is C21H21F3N6O. The van der Waals surface area contributed by atoms with Crippen molar-refractivity contribution in [3.05, 3.63) is 65.2 Å². The topological polar surface area (TPSA) is 98.7 Å². The molecule has 31 heavy (non-hydrogen) atoms. The number of nitrogens with two attached hydrogens (primary N) is 1. The second kappa shape index (κ2) is 7.68. The molecule has 162 valence electrons. The molecule has 4 rings (SSSR count). The van der Waals surface area contributed by atoms with Gasteiger partial charge in [0, 0.05) is 19.4 Å². The Kier molecular flexibility index (Phi) is 5.16. The minimum atomic E-state index is -4.58. The lowest BCUT2D eigenvalue weighted by molar-refractivity contribution is -0.138. The largest absolute Gasteiger partial charge is 0.419 e. The number of hydrogen-bond donors (Lipinski definition) is 2. The van der Waals surface area contributed by atoms with Crippen LogP contribution in [0.25, 0.3) is 0 Å². The van der Waals surface area contributed by atoms with Crippen LogP contribution in [0.4, 0.5) is 24.8 Å². The minimum absolute atomic E-state index is 0.0327. The summed E-state index contributed by atoms with van der Waals surface area (Å²) >= 11 is 0. The highest BCUT2D eigenvalue weighted by Crippen LogP contribution is 2.49. The Labute approximate surface area is 176 Å². The molecule has 1 fully saturated rings. The second-order valence-electron chi connectivity index (χ2n) is 7.68. The number of alkyl halides is 3. The lowest BCUT2D eigenvalue weighted by Gasteiger charge is -2.17. The standard InChI is InChI=1S/C21H21F3N6O/c1-30-12-14(10-27-30)28-19-26-11-16(21(22,23)24)17(29-19)7-6-13-4-2-3-5-15(13)20(8-9-20)18(25)31/h2-5,10-12H,6-9H2,1H3,(H2,25,31)(H,26,28,29). The number of halogens is 3. The van der Waals surface area contributed by atoms with E-state index in [0.717, 1.165) is 17.3 Å². The van der Waals surface area contributed by atoms with Crippen LogP contribution in [-0.2, 0) is 36.3 Å². The van der Waals surface area contributed by atoms with Crippen LogP contribution in [0, 0.1) is 0 Å². The van der Waals surface area contributed by atoms with Crippen molar-refractivity contribution in [3.63, 3.8) is 0 Å². The lowest BCUT2D eigenvalue weighted by atomic mass is 9.88. The van der Waals surface area contributed by atoms with Gasteiger partial charge in [0.2, 0.25) is 11.9 Å². The average Bonchev–Trinajstić information content (AvgIpc) is 3.43. The Morgan fingerprint density at radius 3 is 2.58 bits per heavy atom. The Balaban J connectivity index is 1.62. The van der Waals surface area contributed by atoms with Gasteiger partial charge in [0.05, 0.1) is 28.6 Å². The highest BCUT2D eigenvalue weighted by atomic mass is 19.4. The van der Waals surface area contributed by atoms with Crippen molar-refractivity contribution in [2.24, 2.45) is 12.8 Å². The molecule has 1 aliphatic rings. The van der Waals surface area contributed by atoms with E-state index in [2.05, 4.69) is 20.4 Å². The summed E-state index contributed by atoms with van der Waals surface area (Å²) < 4.78 is 42.2. The normalized spacial score (nSPS) is 15.0. The number of aryl methyl sites for hydroxylation is 3. The lowest BCUT2D eigenvalue weighted by Crippen LogP contribution is -2.29. The van der Waals surface area contributed by atoms with Gasteiger partial charge in [0.25, 0.3) is 0 Å². The predicted octanol–water partition coefficient (Wildman–Crippen LogP) is 3.27. The first-order valence-electron chi connectivity index (χ1n) is 9.76. The number of rotatable bonds is 7. The van der Waals surface area contributed by atoms with Gasteiger partial charge in [0.15, 0.2) is 0 Å². The van der Waals surface area contributed by atoms with Crippen molar-refractivity contribution in [1.82, 2.24) is 19.7 Å². The molecular weight excluding hydrogens is 409 g/mol. The van der Waals surface area contributed by atoms with Gasteiger partial charge in [-0.2, -0.15) is 18.3 Å². The molecule has 0 atom stereocenters. The molecule has 0 radical (unpaired) electrons. The molecule has 1 amide bonds. The van der Waals surface area contributed by atoms with Crippen LogP contribution in [0.15, 0.2) is 42.9 Å². The maximum atomic E-state index is 13.5. The molecule has 1 aromatic carbocycles. The van der Waals surface area contributed by atoms with E-state index in [0.29, 0.717) is 18.5 Å². The van der Waals surface area contributed by atoms with Gasteiger partial charge in [-0.1, -0.05) is 24.3 Å². The molecule has 0 aliphatic heterocycles. The molecule has 2 aromatic heterocycles. The summed E-state index contributed by atoms with van der Waals surface area (Å²) in [6.45, 7) is 0. The van der Waals surface area contributed by atoms with Crippen LogP contribution in [0.2, 0.25) is 0 Å². The van der Waals surface area contributed by atoms with Gasteiger partial charge in [-0.05, 0) is 36.8 Å². The van der Waals surface area contributed by atoms with Crippen molar-refractivity contribution in [2.75, 3.05) is 5.32 Å². The molecule has 2 heterocycles. The van der Waals surface area contributed by atoms with E-state index in [1.54, 1.807) is 24.0 Å². The molecule has 0 unspecified atom stereocenters. The van der Waals surface area contributed by atoms with Gasteiger partial charge in [-0.25, -0.2) is 9.97 Å². The molecule has 3 N–H and O–H groups in total. The third-order valence-electron chi connectivity index (χ3n) is 5.52. The summed E-state index contributed by atoms with van der Waals surface area (Å²) in [6, 6.07) is 7.26. The van der Waals surface area contributed by atoms with Crippen LogP contribution in [0.3, 0.4) is 0 Å². The van der Waals surface area contributed by atoms with Crippen molar-refractivity contribution in [1.29, 1.82) is 0 Å². The van der Waals surface area contributed by atoms with Crippen molar-refractivity contribution >= 4 is 17.5 Å². The van der Waals surface area contributed by atoms with Gasteiger partial charge >= 0.3 is 6.18 Å². The zero-order valence-electron chi connectivity index (χ0n) is 16.8. The van der Waals surface area contributed by atoms with E-state index in [-0.39, 0.29) is 24.5 Å². The average molecular weight is 430 g/mol. The molecule has 1 aliphatic carbocycles. The summed E-state index contributed by atoms with van der Waals surface area (Å²) in [4.78, 5) is 19.9. The number of carbonyl (C=O) groups is 1. The number of anilines is 2. The third-order valence-corrected chi connectivity index (χ3v) is 5.52. The fourth-order valence-corrected chi connectivity index (χ4v) is 3.75. The summed E-state index contributed by atoms with van der Waals surface area (Å²) in [5.41, 5.74) is 6.05. The third kappa shape index (κ3) is 4.23. The highest BCUT2D eigenvalue weighted by molar-refractivity contribution is 5.90. The van der Waals surface area contributed by atoms with Gasteiger partial charge in [-0.15, -0.1) is 0 Å². The first kappa shape index (κ1) is 20.8. The monoisotopic (exact) mass is 430 g/mol. The number of amides is 1. The molecule has 10 heteroatoms. The van der Waals surface area contributed by atoms with E-state index >= 15 is 0 Å². The van der Waals surface area contributed by atoms with Crippen LogP contribution >= 0.6 is 0 Å². The van der Waals surface area contributed by atoms with E-state index in [9.17, 15) is 18.0 Å². The number of primary amides is 1. The molecule has 0 spiro atoms. The van der Waals surface area contributed by atoms with E-state index < -0.39 is 23.1 Å². The van der Waals surface area contributed by atoms with Crippen molar-refractivity contribution in [2.45, 2.75) is 37.3 Å². The number of nitrogens with zero attached hydrogens (tertiary/aromatic N) is 4. The van der Waals surface area contributed by atoms with E-state index in [4.69, 9.17) is 5.73 Å². The fourth-order valence-electron chi connectivity index (χ4n) is 3.75. The maximum Gasteiger partial charge on any atom is 0.419 e. The highest BCUT2D eigenvalue weighted by Gasteiger charge is 2.50. The zero-order valence-corrected chi connectivity index (χ0v) is 16.8. The SMILES string of the molecule is Cn1cc(Nc2ncc(C(F)(F)F)c(CCc3ccccc3C3(C(N)=O)CC3)n2)cn1. The first-order chi connectivity index (χ1) is 14.7. The number of hydrogen-bond acceptors (Lipinski definition) is 5.